The molecule has 14 heteroatoms. The van der Waals surface area contributed by atoms with Crippen molar-refractivity contribution in [2.45, 2.75) is 129 Å². The molecule has 0 fully saturated rings. The molecule has 1 rings (SSSR count). The number of rotatable bonds is 28. The molecule has 0 aromatic heterocycles. The highest BCUT2D eigenvalue weighted by molar-refractivity contribution is 6.83. The Labute approximate surface area is 305 Å². The monoisotopic (exact) mass is 772 g/mol. The highest BCUT2D eigenvalue weighted by Crippen LogP contribution is 2.30. The number of benzene rings is 1. The average Bonchev–Trinajstić information content (AvgIpc) is 3.03. The maximum absolute atomic E-state index is 6.14. The number of aryl methyl sites for hydroxylation is 1. The molecule has 0 spiro atoms. The van der Waals surface area contributed by atoms with Gasteiger partial charge in [0.1, 0.15) is 0 Å². The molecular formula is C34H72N2O6Si6. The summed E-state index contributed by atoms with van der Waals surface area (Å²) in [5.74, 6) is 0.263. The van der Waals surface area contributed by atoms with Gasteiger partial charge in [0.15, 0.2) is 0 Å². The molecular weight excluding hydrogens is 701 g/mol. The predicted molar refractivity (Wildman–Crippen MR) is 217 cm³/mol. The third kappa shape index (κ3) is 15.0. The van der Waals surface area contributed by atoms with Crippen LogP contribution in [-0.4, -0.2) is 112 Å². The minimum Gasteiger partial charge on any atom is -0.397 e. The maximum atomic E-state index is 6.14. The van der Waals surface area contributed by atoms with Crippen molar-refractivity contribution in [3.8, 4) is 0 Å². The molecule has 0 aliphatic rings. The molecule has 1 aromatic rings. The van der Waals surface area contributed by atoms with E-state index in [9.17, 15) is 0 Å². The minimum absolute atomic E-state index is 0.261. The van der Waals surface area contributed by atoms with E-state index in [1.807, 2.05) is 14.2 Å². The van der Waals surface area contributed by atoms with E-state index < -0.39 is 43.3 Å². The molecule has 48 heavy (non-hydrogen) atoms. The Morgan fingerprint density at radius 2 is 1.19 bits per heavy atom. The smallest absolute Gasteiger partial charge is 0.341 e. The zero-order valence-corrected chi connectivity index (χ0v) is 39.2. The van der Waals surface area contributed by atoms with Crippen molar-refractivity contribution >= 4 is 63.2 Å². The maximum Gasteiger partial charge on any atom is 0.341 e. The highest BCUT2D eigenvalue weighted by Gasteiger charge is 2.40. The summed E-state index contributed by atoms with van der Waals surface area (Å²) in [6, 6.07) is 8.02. The Bertz CT molecular complexity index is 979. The van der Waals surface area contributed by atoms with Crippen LogP contribution in [0.3, 0.4) is 0 Å². The van der Waals surface area contributed by atoms with Crippen LogP contribution in [0.2, 0.25) is 64.0 Å². The molecule has 0 aliphatic heterocycles. The Balaban J connectivity index is 3.18. The summed E-state index contributed by atoms with van der Waals surface area (Å²) in [6.45, 7) is 31.7. The van der Waals surface area contributed by atoms with E-state index in [-0.39, 0.29) is 11.3 Å². The van der Waals surface area contributed by atoms with E-state index in [2.05, 4.69) is 103 Å². The van der Waals surface area contributed by atoms with Gasteiger partial charge in [-0.3, -0.25) is 0 Å². The van der Waals surface area contributed by atoms with Gasteiger partial charge >= 0.3 is 25.7 Å². The van der Waals surface area contributed by atoms with Gasteiger partial charge in [0, 0.05) is 52.0 Å². The fraction of sp³-hybridized carbons (Fsp3) is 0.824. The van der Waals surface area contributed by atoms with E-state index in [0.717, 1.165) is 60.0 Å². The van der Waals surface area contributed by atoms with E-state index in [1.165, 1.54) is 11.1 Å². The second kappa shape index (κ2) is 23.7. The van der Waals surface area contributed by atoms with E-state index >= 15 is 0 Å². The summed E-state index contributed by atoms with van der Waals surface area (Å²) in [6.07, 6.45) is 3.16. The lowest BCUT2D eigenvalue weighted by molar-refractivity contribution is 0.188. The lowest BCUT2D eigenvalue weighted by atomic mass is 10.0. The Morgan fingerprint density at radius 1 is 0.729 bits per heavy atom. The first-order valence-corrected chi connectivity index (χ1v) is 32.1. The van der Waals surface area contributed by atoms with Crippen molar-refractivity contribution in [1.82, 2.24) is 10.6 Å². The third-order valence-electron chi connectivity index (χ3n) is 9.26. The molecule has 1 unspecified atom stereocenters. The van der Waals surface area contributed by atoms with Crippen molar-refractivity contribution < 1.29 is 26.6 Å². The van der Waals surface area contributed by atoms with Gasteiger partial charge < -0.3 is 37.2 Å². The molecule has 0 saturated carbocycles. The standard InChI is InChI=1S/C34H72N2O6Si6/c1-15-39-46(12,40-16-2)27-19-24-35-34(36-25-20-28-47(13,41-17-3)42-18-4)43-26-23-30-21-22-31(44(8)9)33(45(10)11)32(30)29(5)48(14,37-6)38-7/h21-22,29,34-36H,15-20,23-28H2,1-14H3. The quantitative estimate of drug-likeness (QED) is 0.0628. The Kier molecular flexibility index (Phi) is 22.8. The van der Waals surface area contributed by atoms with Gasteiger partial charge in [-0.1, -0.05) is 61.7 Å². The van der Waals surface area contributed by atoms with Crippen molar-refractivity contribution in [3.63, 3.8) is 0 Å². The van der Waals surface area contributed by atoms with E-state index in [0.29, 0.717) is 26.4 Å². The largest absolute Gasteiger partial charge is 0.397 e. The Morgan fingerprint density at radius 3 is 1.56 bits per heavy atom. The molecule has 4 radical (unpaired) electrons. The first-order chi connectivity index (χ1) is 22.7. The summed E-state index contributed by atoms with van der Waals surface area (Å²) < 4.78 is 36.7. The third-order valence-corrected chi connectivity index (χ3v) is 23.5. The molecule has 0 saturated heterocycles. The molecule has 0 heterocycles. The highest BCUT2D eigenvalue weighted by atomic mass is 28.4. The molecule has 8 nitrogen and oxygen atoms in total. The molecule has 0 aliphatic carbocycles. The van der Waals surface area contributed by atoms with Gasteiger partial charge in [0.05, 0.1) is 27.1 Å². The second-order valence-corrected chi connectivity index (χ2v) is 30.4. The lowest BCUT2D eigenvalue weighted by Crippen LogP contribution is -2.51. The van der Waals surface area contributed by atoms with Gasteiger partial charge in [-0.25, -0.2) is 0 Å². The van der Waals surface area contributed by atoms with Crippen LogP contribution in [0, 0.1) is 0 Å². The normalized spacial score (nSPS) is 13.8. The average molecular weight is 773 g/mol. The Hall–Kier alpha value is 0.201. The van der Waals surface area contributed by atoms with Gasteiger partial charge in [-0.15, -0.1) is 0 Å². The van der Waals surface area contributed by atoms with Gasteiger partial charge in [-0.05, 0) is 103 Å². The summed E-state index contributed by atoms with van der Waals surface area (Å²) >= 11 is 0. The van der Waals surface area contributed by atoms with Crippen molar-refractivity contribution in [1.29, 1.82) is 0 Å². The first-order valence-electron chi connectivity index (χ1n) is 18.3. The zero-order chi connectivity index (χ0) is 36.4. The molecule has 0 bridgehead atoms. The number of hydrogen-bond acceptors (Lipinski definition) is 8. The summed E-state index contributed by atoms with van der Waals surface area (Å²) in [5.41, 5.74) is 3.28. The molecule has 278 valence electrons. The minimum atomic E-state index is -2.40. The molecule has 0 amide bonds. The zero-order valence-electron chi connectivity index (χ0n) is 33.2. The number of hydrogen-bond donors (Lipinski definition) is 2. The van der Waals surface area contributed by atoms with E-state index in [1.54, 1.807) is 10.4 Å². The topological polar surface area (TPSA) is 79.4 Å². The summed E-state index contributed by atoms with van der Waals surface area (Å²) in [4.78, 5) is 0. The van der Waals surface area contributed by atoms with Crippen LogP contribution < -0.4 is 21.0 Å². The molecule has 2 N–H and O–H groups in total. The molecule has 1 atom stereocenters. The van der Waals surface area contributed by atoms with Crippen LogP contribution in [0.4, 0.5) is 0 Å². The fourth-order valence-electron chi connectivity index (χ4n) is 6.50. The second-order valence-electron chi connectivity index (χ2n) is 13.5. The lowest BCUT2D eigenvalue weighted by Gasteiger charge is -2.34. The van der Waals surface area contributed by atoms with Crippen LogP contribution in [0.25, 0.3) is 0 Å². The predicted octanol–water partition coefficient (Wildman–Crippen LogP) is 5.81. The summed E-state index contributed by atoms with van der Waals surface area (Å²) in [5, 5.41) is 11.0. The van der Waals surface area contributed by atoms with Crippen molar-refractivity contribution in [3.05, 3.63) is 23.3 Å². The van der Waals surface area contributed by atoms with Gasteiger partial charge in [0.25, 0.3) is 0 Å². The first kappa shape index (κ1) is 46.2. The SMILES string of the molecule is CCO[Si](C)(CCCNC(NCCC[Si](C)(OCC)OCC)[Si]CCc1ccc([Si](C)C)c([Si](C)C)c1C(C)[Si](C)(OC)OC)OCC. The summed E-state index contributed by atoms with van der Waals surface area (Å²) in [7, 11) is -3.52. The van der Waals surface area contributed by atoms with Crippen LogP contribution in [0.15, 0.2) is 12.1 Å². The number of nitrogens with one attached hydrogen (secondary N) is 2. The van der Waals surface area contributed by atoms with Gasteiger partial charge in [0.2, 0.25) is 0 Å². The molecule has 1 aromatic carbocycles. The van der Waals surface area contributed by atoms with Crippen LogP contribution >= 0.6 is 0 Å². The van der Waals surface area contributed by atoms with Gasteiger partial charge in [-0.2, -0.15) is 0 Å². The van der Waals surface area contributed by atoms with Crippen LogP contribution in [0.1, 0.15) is 64.1 Å². The van der Waals surface area contributed by atoms with Crippen molar-refractivity contribution in [2.24, 2.45) is 0 Å². The van der Waals surface area contributed by atoms with E-state index in [4.69, 9.17) is 26.6 Å². The van der Waals surface area contributed by atoms with Crippen LogP contribution in [-0.2, 0) is 33.0 Å². The fourth-order valence-corrected chi connectivity index (χ4v) is 18.6. The van der Waals surface area contributed by atoms with Crippen molar-refractivity contribution in [2.75, 3.05) is 53.7 Å². The van der Waals surface area contributed by atoms with Crippen LogP contribution in [0.5, 0.6) is 0 Å².